The SMILES string of the molecule is S=C(NCc1ccc(Cl)c(Cl)c1)Nc1cc(Cl)cc(Cl)c1. The van der Waals surface area contributed by atoms with Crippen LogP contribution in [0.3, 0.4) is 0 Å². The van der Waals surface area contributed by atoms with Gasteiger partial charge in [0.25, 0.3) is 0 Å². The molecule has 0 fully saturated rings. The monoisotopic (exact) mass is 378 g/mol. The number of halogens is 4. The fourth-order valence-electron chi connectivity index (χ4n) is 1.63. The van der Waals surface area contributed by atoms with Gasteiger partial charge in [0.1, 0.15) is 0 Å². The summed E-state index contributed by atoms with van der Waals surface area (Å²) in [5.74, 6) is 0. The topological polar surface area (TPSA) is 24.1 Å². The van der Waals surface area contributed by atoms with E-state index in [1.807, 2.05) is 6.07 Å². The average molecular weight is 380 g/mol. The zero-order chi connectivity index (χ0) is 15.4. The molecule has 0 aliphatic heterocycles. The standard InChI is InChI=1S/C14H10Cl4N2S/c15-9-4-10(16)6-11(5-9)20-14(21)19-7-8-1-2-12(17)13(18)3-8/h1-6H,7H2,(H2,19,20,21). The van der Waals surface area contributed by atoms with Gasteiger partial charge in [-0.15, -0.1) is 0 Å². The van der Waals surface area contributed by atoms with Gasteiger partial charge in [-0.1, -0.05) is 52.5 Å². The van der Waals surface area contributed by atoms with Crippen molar-refractivity contribution < 1.29 is 0 Å². The first kappa shape index (κ1) is 16.7. The van der Waals surface area contributed by atoms with Gasteiger partial charge in [-0.3, -0.25) is 0 Å². The summed E-state index contributed by atoms with van der Waals surface area (Å²) < 4.78 is 0. The summed E-state index contributed by atoms with van der Waals surface area (Å²) in [6.45, 7) is 0.525. The number of nitrogens with one attached hydrogen (secondary N) is 2. The zero-order valence-electron chi connectivity index (χ0n) is 10.6. The van der Waals surface area contributed by atoms with E-state index >= 15 is 0 Å². The molecule has 0 amide bonds. The van der Waals surface area contributed by atoms with E-state index in [2.05, 4.69) is 10.6 Å². The highest BCUT2D eigenvalue weighted by atomic mass is 35.5. The zero-order valence-corrected chi connectivity index (χ0v) is 14.4. The van der Waals surface area contributed by atoms with Crippen LogP contribution in [0, 0.1) is 0 Å². The van der Waals surface area contributed by atoms with E-state index in [4.69, 9.17) is 58.6 Å². The first-order valence-electron chi connectivity index (χ1n) is 5.89. The van der Waals surface area contributed by atoms with Crippen molar-refractivity contribution in [3.8, 4) is 0 Å². The summed E-state index contributed by atoms with van der Waals surface area (Å²) in [5, 5.41) is 8.65. The summed E-state index contributed by atoms with van der Waals surface area (Å²) in [6.07, 6.45) is 0. The Balaban J connectivity index is 1.94. The number of benzene rings is 2. The molecule has 110 valence electrons. The largest absolute Gasteiger partial charge is 0.358 e. The van der Waals surface area contributed by atoms with Gasteiger partial charge in [0.05, 0.1) is 10.0 Å². The lowest BCUT2D eigenvalue weighted by molar-refractivity contribution is 0.926. The van der Waals surface area contributed by atoms with Gasteiger partial charge in [-0.2, -0.15) is 0 Å². The third-order valence-corrected chi connectivity index (χ3v) is 3.98. The first-order chi connectivity index (χ1) is 9.94. The number of hydrogen-bond acceptors (Lipinski definition) is 1. The Morgan fingerprint density at radius 2 is 1.57 bits per heavy atom. The van der Waals surface area contributed by atoms with Gasteiger partial charge in [-0.25, -0.2) is 0 Å². The molecule has 0 spiro atoms. The van der Waals surface area contributed by atoms with Crippen LogP contribution in [0.5, 0.6) is 0 Å². The Morgan fingerprint density at radius 1 is 0.905 bits per heavy atom. The summed E-state index contributed by atoms with van der Waals surface area (Å²) in [6, 6.07) is 10.5. The Kier molecular flexibility index (Phi) is 5.97. The molecule has 0 atom stereocenters. The molecule has 2 N–H and O–H groups in total. The second kappa shape index (κ2) is 7.52. The van der Waals surface area contributed by atoms with E-state index in [0.717, 1.165) is 11.3 Å². The molecule has 0 saturated heterocycles. The molecule has 0 aliphatic carbocycles. The van der Waals surface area contributed by atoms with Crippen LogP contribution in [0.2, 0.25) is 20.1 Å². The van der Waals surface area contributed by atoms with E-state index < -0.39 is 0 Å². The summed E-state index contributed by atoms with van der Waals surface area (Å²) in [5.41, 5.74) is 1.69. The third kappa shape index (κ3) is 5.20. The molecule has 0 aliphatic rings. The van der Waals surface area contributed by atoms with Crippen LogP contribution in [0.4, 0.5) is 5.69 Å². The Morgan fingerprint density at radius 3 is 2.19 bits per heavy atom. The highest BCUT2D eigenvalue weighted by Crippen LogP contribution is 2.23. The minimum absolute atomic E-state index is 0.458. The highest BCUT2D eigenvalue weighted by molar-refractivity contribution is 7.80. The van der Waals surface area contributed by atoms with E-state index in [1.165, 1.54) is 0 Å². The van der Waals surface area contributed by atoms with Gasteiger partial charge < -0.3 is 10.6 Å². The van der Waals surface area contributed by atoms with Crippen molar-refractivity contribution in [2.24, 2.45) is 0 Å². The number of rotatable bonds is 3. The van der Waals surface area contributed by atoms with Crippen molar-refractivity contribution in [3.05, 3.63) is 62.1 Å². The van der Waals surface area contributed by atoms with Crippen LogP contribution in [0.15, 0.2) is 36.4 Å². The van der Waals surface area contributed by atoms with Crippen molar-refractivity contribution in [2.45, 2.75) is 6.54 Å². The van der Waals surface area contributed by atoms with Crippen molar-refractivity contribution in [3.63, 3.8) is 0 Å². The maximum atomic E-state index is 5.96. The smallest absolute Gasteiger partial charge is 0.171 e. The minimum Gasteiger partial charge on any atom is -0.358 e. The fraction of sp³-hybridized carbons (Fsp3) is 0.0714. The molecule has 7 heteroatoms. The molecule has 0 heterocycles. The summed E-state index contributed by atoms with van der Waals surface area (Å²) in [7, 11) is 0. The predicted octanol–water partition coefficient (Wildman–Crippen LogP) is 5.79. The molecule has 0 radical (unpaired) electrons. The second-order valence-electron chi connectivity index (χ2n) is 4.21. The van der Waals surface area contributed by atoms with Gasteiger partial charge in [0.15, 0.2) is 5.11 Å². The molecule has 0 aromatic heterocycles. The van der Waals surface area contributed by atoms with E-state index in [0.29, 0.717) is 31.7 Å². The third-order valence-electron chi connectivity index (χ3n) is 2.56. The lowest BCUT2D eigenvalue weighted by atomic mass is 10.2. The fourth-order valence-corrected chi connectivity index (χ4v) is 2.67. The van der Waals surface area contributed by atoms with Crippen molar-refractivity contribution in [2.75, 3.05) is 5.32 Å². The van der Waals surface area contributed by atoms with Gasteiger partial charge in [-0.05, 0) is 48.1 Å². The van der Waals surface area contributed by atoms with Crippen LogP contribution in [0.1, 0.15) is 5.56 Å². The molecule has 21 heavy (non-hydrogen) atoms. The lowest BCUT2D eigenvalue weighted by Crippen LogP contribution is -2.27. The Hall–Kier alpha value is -0.710. The van der Waals surface area contributed by atoms with Crippen molar-refractivity contribution in [1.82, 2.24) is 5.32 Å². The summed E-state index contributed by atoms with van der Waals surface area (Å²) in [4.78, 5) is 0. The Labute approximate surface area is 148 Å². The lowest BCUT2D eigenvalue weighted by Gasteiger charge is -2.11. The molecule has 2 aromatic rings. The molecule has 2 rings (SSSR count). The van der Waals surface area contributed by atoms with E-state index in [9.17, 15) is 0 Å². The quantitative estimate of drug-likeness (QED) is 0.660. The average Bonchev–Trinajstić information content (AvgIpc) is 2.39. The van der Waals surface area contributed by atoms with Crippen molar-refractivity contribution >= 4 is 69.4 Å². The van der Waals surface area contributed by atoms with Crippen LogP contribution in [-0.2, 0) is 6.54 Å². The molecular weight excluding hydrogens is 370 g/mol. The van der Waals surface area contributed by atoms with Crippen molar-refractivity contribution in [1.29, 1.82) is 0 Å². The van der Waals surface area contributed by atoms with Gasteiger partial charge >= 0.3 is 0 Å². The van der Waals surface area contributed by atoms with Crippen LogP contribution >= 0.6 is 58.6 Å². The number of thiocarbonyl (C=S) groups is 1. The highest BCUT2D eigenvalue weighted by Gasteiger charge is 2.03. The molecule has 2 nitrogen and oxygen atoms in total. The number of hydrogen-bond donors (Lipinski definition) is 2. The first-order valence-corrected chi connectivity index (χ1v) is 7.81. The van der Waals surface area contributed by atoms with Crippen LogP contribution < -0.4 is 10.6 Å². The normalized spacial score (nSPS) is 10.3. The molecule has 0 bridgehead atoms. The predicted molar refractivity (Wildman–Crippen MR) is 96.0 cm³/mol. The summed E-state index contributed by atoms with van der Waals surface area (Å²) >= 11 is 28.9. The second-order valence-corrected chi connectivity index (χ2v) is 6.31. The van der Waals surface area contributed by atoms with E-state index in [1.54, 1.807) is 30.3 Å². The van der Waals surface area contributed by atoms with Gasteiger partial charge in [0, 0.05) is 22.3 Å². The number of anilines is 1. The maximum Gasteiger partial charge on any atom is 0.171 e. The maximum absolute atomic E-state index is 5.96. The molecule has 0 unspecified atom stereocenters. The minimum atomic E-state index is 0.458. The molecular formula is C14H10Cl4N2S. The molecule has 0 saturated carbocycles. The van der Waals surface area contributed by atoms with Crippen LogP contribution in [-0.4, -0.2) is 5.11 Å². The van der Waals surface area contributed by atoms with Gasteiger partial charge in [0.2, 0.25) is 0 Å². The van der Waals surface area contributed by atoms with E-state index in [-0.39, 0.29) is 0 Å². The van der Waals surface area contributed by atoms with Crippen LogP contribution in [0.25, 0.3) is 0 Å². The Bertz CT molecular complexity index is 656. The molecule has 2 aromatic carbocycles.